The van der Waals surface area contributed by atoms with Gasteiger partial charge in [0.15, 0.2) is 5.13 Å². The highest BCUT2D eigenvalue weighted by molar-refractivity contribution is 7.22. The van der Waals surface area contributed by atoms with Crippen LogP contribution in [0.1, 0.15) is 49.7 Å². The summed E-state index contributed by atoms with van der Waals surface area (Å²) in [6.07, 6.45) is 2.51. The maximum Gasteiger partial charge on any atom is 0.181 e. The highest BCUT2D eigenvalue weighted by Crippen LogP contribution is 2.49. The number of benzene rings is 1. The molecule has 1 aliphatic rings. The molecule has 1 aromatic carbocycles. The lowest BCUT2D eigenvalue weighted by atomic mass is 9.93. The fourth-order valence-corrected chi connectivity index (χ4v) is 3.68. The fourth-order valence-electron chi connectivity index (χ4n) is 2.46. The zero-order valence-corrected chi connectivity index (χ0v) is 11.5. The zero-order chi connectivity index (χ0) is 12.2. The molecule has 0 spiro atoms. The maximum atomic E-state index is 6.43. The minimum atomic E-state index is 0.438. The molecule has 90 valence electrons. The second kappa shape index (κ2) is 3.85. The second-order valence-corrected chi connectivity index (χ2v) is 6.48. The summed E-state index contributed by atoms with van der Waals surface area (Å²) in [7, 11) is 0. The molecule has 1 heterocycles. The summed E-state index contributed by atoms with van der Waals surface area (Å²) in [6, 6.07) is 2.03. The molecule has 0 bridgehead atoms. The summed E-state index contributed by atoms with van der Waals surface area (Å²) in [4.78, 5) is 4.48. The molecule has 0 aliphatic heterocycles. The number of thiazole rings is 1. The first-order valence-corrected chi connectivity index (χ1v) is 7.15. The van der Waals surface area contributed by atoms with Crippen molar-refractivity contribution in [2.75, 3.05) is 5.73 Å². The van der Waals surface area contributed by atoms with Crippen molar-refractivity contribution < 1.29 is 0 Å². The molecule has 0 saturated heterocycles. The molecule has 0 unspecified atom stereocenters. The summed E-state index contributed by atoms with van der Waals surface area (Å²) < 4.78 is 1.11. The number of aromatic nitrogens is 1. The largest absolute Gasteiger partial charge is 0.375 e. The molecular formula is C13H15ClN2S. The number of hydrogen-bond acceptors (Lipinski definition) is 3. The van der Waals surface area contributed by atoms with Crippen LogP contribution in [-0.2, 0) is 0 Å². The monoisotopic (exact) mass is 266 g/mol. The Kier molecular flexibility index (Phi) is 2.56. The Morgan fingerprint density at radius 1 is 1.47 bits per heavy atom. The Morgan fingerprint density at radius 2 is 2.18 bits per heavy atom. The van der Waals surface area contributed by atoms with Crippen molar-refractivity contribution >= 4 is 38.3 Å². The van der Waals surface area contributed by atoms with Crippen molar-refractivity contribution in [3.8, 4) is 0 Å². The molecule has 3 rings (SSSR count). The van der Waals surface area contributed by atoms with Gasteiger partial charge in [0, 0.05) is 5.02 Å². The normalized spacial score (nSPS) is 16.0. The van der Waals surface area contributed by atoms with Gasteiger partial charge in [0.2, 0.25) is 0 Å². The number of anilines is 1. The van der Waals surface area contributed by atoms with E-state index < -0.39 is 0 Å². The molecule has 1 aliphatic carbocycles. The Morgan fingerprint density at radius 3 is 2.76 bits per heavy atom. The van der Waals surface area contributed by atoms with Crippen LogP contribution >= 0.6 is 22.9 Å². The predicted octanol–water partition coefficient (Wildman–Crippen LogP) is 4.53. The SMILES string of the molecule is CC(C)c1c(C2CC2)c(Cl)cc2sc(N)nc12. The molecule has 0 atom stereocenters. The van der Waals surface area contributed by atoms with Gasteiger partial charge in [-0.25, -0.2) is 4.98 Å². The third-order valence-corrected chi connectivity index (χ3v) is 4.44. The van der Waals surface area contributed by atoms with Crippen LogP contribution in [0.2, 0.25) is 5.02 Å². The Bertz CT molecular complexity index is 585. The number of nitrogens with zero attached hydrogens (tertiary/aromatic N) is 1. The third kappa shape index (κ3) is 1.81. The smallest absolute Gasteiger partial charge is 0.181 e. The van der Waals surface area contributed by atoms with E-state index in [9.17, 15) is 0 Å². The third-order valence-electron chi connectivity index (χ3n) is 3.29. The first kappa shape index (κ1) is 11.3. The van der Waals surface area contributed by atoms with Crippen molar-refractivity contribution in [3.63, 3.8) is 0 Å². The number of halogens is 1. The topological polar surface area (TPSA) is 38.9 Å². The van der Waals surface area contributed by atoms with E-state index >= 15 is 0 Å². The van der Waals surface area contributed by atoms with Crippen LogP contribution in [0.4, 0.5) is 5.13 Å². The quantitative estimate of drug-likeness (QED) is 0.867. The minimum absolute atomic E-state index is 0.438. The van der Waals surface area contributed by atoms with E-state index in [-0.39, 0.29) is 0 Å². The number of fused-ring (bicyclic) bond motifs is 1. The molecule has 1 fully saturated rings. The van der Waals surface area contributed by atoms with Gasteiger partial charge in [-0.2, -0.15) is 0 Å². The van der Waals surface area contributed by atoms with E-state index in [1.807, 2.05) is 6.07 Å². The molecule has 17 heavy (non-hydrogen) atoms. The first-order valence-electron chi connectivity index (χ1n) is 5.96. The van der Waals surface area contributed by atoms with Gasteiger partial charge in [-0.3, -0.25) is 0 Å². The molecule has 4 heteroatoms. The second-order valence-electron chi connectivity index (χ2n) is 5.01. The minimum Gasteiger partial charge on any atom is -0.375 e. The Labute approximate surface area is 110 Å². The van der Waals surface area contributed by atoms with Gasteiger partial charge in [-0.15, -0.1) is 0 Å². The summed E-state index contributed by atoms with van der Waals surface area (Å²) in [5.41, 5.74) is 9.51. The molecule has 0 amide bonds. The number of nitrogen functional groups attached to an aromatic ring is 1. The van der Waals surface area contributed by atoms with Gasteiger partial charge >= 0.3 is 0 Å². The molecule has 1 saturated carbocycles. The van der Waals surface area contributed by atoms with Crippen LogP contribution in [0, 0.1) is 0 Å². The van der Waals surface area contributed by atoms with Gasteiger partial charge in [0.1, 0.15) is 0 Å². The lowest BCUT2D eigenvalue weighted by molar-refractivity contribution is 0.850. The summed E-state index contributed by atoms with van der Waals surface area (Å²) in [6.45, 7) is 4.40. The first-order chi connectivity index (χ1) is 8.08. The average molecular weight is 267 g/mol. The molecule has 0 radical (unpaired) electrons. The standard InChI is InChI=1S/C13H15ClN2S/c1-6(2)10-11(7-3-4-7)8(14)5-9-12(10)16-13(15)17-9/h5-7H,3-4H2,1-2H3,(H2,15,16). The summed E-state index contributed by atoms with van der Waals surface area (Å²) in [5.74, 6) is 1.08. The Balaban J connectivity index is 2.36. The number of rotatable bonds is 2. The fraction of sp³-hybridized carbons (Fsp3) is 0.462. The van der Waals surface area contributed by atoms with Crippen molar-refractivity contribution in [1.29, 1.82) is 0 Å². The summed E-state index contributed by atoms with van der Waals surface area (Å²) in [5, 5.41) is 1.53. The highest BCUT2D eigenvalue weighted by Gasteiger charge is 2.31. The van der Waals surface area contributed by atoms with Crippen molar-refractivity contribution in [2.45, 2.75) is 38.5 Å². The zero-order valence-electron chi connectivity index (χ0n) is 9.96. The lowest BCUT2D eigenvalue weighted by Crippen LogP contribution is -1.98. The van der Waals surface area contributed by atoms with Gasteiger partial charge in [-0.05, 0) is 41.9 Å². The molecule has 2 aromatic rings. The van der Waals surface area contributed by atoms with E-state index in [0.717, 1.165) is 15.2 Å². The van der Waals surface area contributed by atoms with Crippen LogP contribution in [0.25, 0.3) is 10.2 Å². The van der Waals surface area contributed by atoms with E-state index in [1.165, 1.54) is 35.3 Å². The van der Waals surface area contributed by atoms with Crippen molar-refractivity contribution in [2.24, 2.45) is 0 Å². The highest BCUT2D eigenvalue weighted by atomic mass is 35.5. The van der Waals surface area contributed by atoms with Crippen LogP contribution in [0.5, 0.6) is 0 Å². The Hall–Kier alpha value is -0.800. The van der Waals surface area contributed by atoms with Gasteiger partial charge in [0.25, 0.3) is 0 Å². The van der Waals surface area contributed by atoms with Crippen molar-refractivity contribution in [3.05, 3.63) is 22.2 Å². The van der Waals surface area contributed by atoms with Crippen LogP contribution in [0.3, 0.4) is 0 Å². The molecule has 2 N–H and O–H groups in total. The lowest BCUT2D eigenvalue weighted by Gasteiger charge is -2.14. The van der Waals surface area contributed by atoms with Gasteiger partial charge in [0.05, 0.1) is 10.2 Å². The maximum absolute atomic E-state index is 6.43. The van der Waals surface area contributed by atoms with Crippen LogP contribution in [0.15, 0.2) is 6.07 Å². The van der Waals surface area contributed by atoms with Gasteiger partial charge < -0.3 is 5.73 Å². The molecule has 1 aromatic heterocycles. The van der Waals surface area contributed by atoms with E-state index in [1.54, 1.807) is 0 Å². The van der Waals surface area contributed by atoms with Gasteiger partial charge in [-0.1, -0.05) is 36.8 Å². The van der Waals surface area contributed by atoms with Crippen molar-refractivity contribution in [1.82, 2.24) is 4.98 Å². The van der Waals surface area contributed by atoms with E-state index in [4.69, 9.17) is 17.3 Å². The van der Waals surface area contributed by atoms with E-state index in [2.05, 4.69) is 18.8 Å². The number of hydrogen-bond donors (Lipinski definition) is 1. The number of nitrogens with two attached hydrogens (primary N) is 1. The van der Waals surface area contributed by atoms with Crippen LogP contribution in [-0.4, -0.2) is 4.98 Å². The predicted molar refractivity (Wildman–Crippen MR) is 75.1 cm³/mol. The van der Waals surface area contributed by atoms with E-state index in [0.29, 0.717) is 17.0 Å². The van der Waals surface area contributed by atoms with Crippen LogP contribution < -0.4 is 5.73 Å². The summed E-state index contributed by atoms with van der Waals surface area (Å²) >= 11 is 7.96. The molecule has 2 nitrogen and oxygen atoms in total. The average Bonchev–Trinajstić information content (AvgIpc) is 2.99. The molecular weight excluding hydrogens is 252 g/mol.